The minimum atomic E-state index is -0.682. The molecule has 0 aromatic heterocycles. The third kappa shape index (κ3) is 6.13. The molecule has 0 fully saturated rings. The highest BCUT2D eigenvalue weighted by Crippen LogP contribution is 2.11. The molecule has 0 heterocycles. The van der Waals surface area contributed by atoms with Gasteiger partial charge in [-0.15, -0.1) is 12.3 Å². The molecule has 1 rings (SSSR count). The summed E-state index contributed by atoms with van der Waals surface area (Å²) in [6, 6.07) is 8.12. The van der Waals surface area contributed by atoms with Crippen LogP contribution in [-0.4, -0.2) is 23.5 Å². The van der Waals surface area contributed by atoms with E-state index in [1.165, 1.54) is 0 Å². The number of Topliss-reactive ketones (excluding diaryl/α,β-unsaturated/α-hetero) is 1. The maximum absolute atomic E-state index is 12.4. The number of hydrogen-bond acceptors (Lipinski definition) is 3. The lowest BCUT2D eigenvalue weighted by molar-refractivity contribution is 0.0489. The predicted molar refractivity (Wildman–Crippen MR) is 82.0 cm³/mol. The van der Waals surface area contributed by atoms with Gasteiger partial charge in [0.1, 0.15) is 5.60 Å². The van der Waals surface area contributed by atoms with Crippen molar-refractivity contribution < 1.29 is 14.3 Å². The van der Waals surface area contributed by atoms with Crippen molar-refractivity contribution >= 4 is 11.9 Å². The van der Waals surface area contributed by atoms with Gasteiger partial charge in [0.15, 0.2) is 5.78 Å². The molecule has 112 valence electrons. The summed E-state index contributed by atoms with van der Waals surface area (Å²) >= 11 is 0. The molecule has 0 aliphatic rings. The van der Waals surface area contributed by atoms with Gasteiger partial charge in [0.05, 0.1) is 6.04 Å². The van der Waals surface area contributed by atoms with Gasteiger partial charge in [-0.1, -0.05) is 30.3 Å². The van der Waals surface area contributed by atoms with Crippen molar-refractivity contribution in [1.82, 2.24) is 5.32 Å². The summed E-state index contributed by atoms with van der Waals surface area (Å²) < 4.78 is 5.18. The summed E-state index contributed by atoms with van der Waals surface area (Å²) in [5.74, 6) is 2.31. The highest BCUT2D eigenvalue weighted by Gasteiger charge is 2.24. The molecule has 4 heteroatoms. The van der Waals surface area contributed by atoms with Crippen LogP contribution in [0.3, 0.4) is 0 Å². The van der Waals surface area contributed by atoms with Crippen LogP contribution < -0.4 is 5.32 Å². The van der Waals surface area contributed by atoms with Gasteiger partial charge < -0.3 is 10.1 Å². The first-order chi connectivity index (χ1) is 9.83. The molecule has 0 saturated heterocycles. The quantitative estimate of drug-likeness (QED) is 0.668. The molecule has 0 unspecified atom stereocenters. The van der Waals surface area contributed by atoms with Gasteiger partial charge in [-0.3, -0.25) is 4.79 Å². The number of nitrogens with one attached hydrogen (secondary N) is 1. The Bertz CT molecular complexity index is 523. The molecule has 0 aliphatic heterocycles. The van der Waals surface area contributed by atoms with Gasteiger partial charge in [-0.05, 0) is 27.2 Å². The van der Waals surface area contributed by atoms with Gasteiger partial charge in [0.2, 0.25) is 0 Å². The standard InChI is InChI=1S/C17H21NO3/c1-5-6-12-14(18-16(20)21-17(2,3)4)15(19)13-10-8-7-9-11-13/h1,7-11,14H,6,12H2,2-4H3,(H,18,20)/t14-/m0/s1. The largest absolute Gasteiger partial charge is 0.444 e. The van der Waals surface area contributed by atoms with Gasteiger partial charge in [0.25, 0.3) is 0 Å². The minimum Gasteiger partial charge on any atom is -0.444 e. The Morgan fingerprint density at radius 1 is 1.29 bits per heavy atom. The molecule has 0 radical (unpaired) electrons. The maximum atomic E-state index is 12.4. The van der Waals surface area contributed by atoms with Gasteiger partial charge in [0, 0.05) is 12.0 Å². The topological polar surface area (TPSA) is 55.4 Å². The SMILES string of the molecule is C#CCC[C@H](NC(=O)OC(C)(C)C)C(=O)c1ccccc1. The summed E-state index contributed by atoms with van der Waals surface area (Å²) in [6.07, 6.45) is 5.41. The van der Waals surface area contributed by atoms with Crippen LogP contribution in [0.2, 0.25) is 0 Å². The molecule has 1 atom stereocenters. The second-order valence-corrected chi connectivity index (χ2v) is 5.67. The van der Waals surface area contributed by atoms with Crippen LogP contribution in [0.15, 0.2) is 30.3 Å². The molecule has 1 amide bonds. The zero-order chi connectivity index (χ0) is 15.9. The lowest BCUT2D eigenvalue weighted by atomic mass is 10.0. The van der Waals surface area contributed by atoms with E-state index >= 15 is 0 Å². The number of amides is 1. The molecule has 1 N–H and O–H groups in total. The lowest BCUT2D eigenvalue weighted by Gasteiger charge is -2.23. The van der Waals surface area contributed by atoms with E-state index < -0.39 is 17.7 Å². The first-order valence-electron chi connectivity index (χ1n) is 6.86. The Morgan fingerprint density at radius 2 is 1.90 bits per heavy atom. The molecule has 4 nitrogen and oxygen atoms in total. The molecule has 1 aromatic rings. The average Bonchev–Trinajstić information content (AvgIpc) is 2.41. The van der Waals surface area contributed by atoms with Crippen molar-refractivity contribution in [3.05, 3.63) is 35.9 Å². The normalized spacial score (nSPS) is 12.1. The van der Waals surface area contributed by atoms with Crippen molar-refractivity contribution in [2.45, 2.75) is 45.3 Å². The Balaban J connectivity index is 2.79. The lowest BCUT2D eigenvalue weighted by Crippen LogP contribution is -2.43. The van der Waals surface area contributed by atoms with Crippen LogP contribution in [0.5, 0.6) is 0 Å². The minimum absolute atomic E-state index is 0.170. The van der Waals surface area contributed by atoms with E-state index in [1.54, 1.807) is 45.0 Å². The Kier molecular flexibility index (Phi) is 5.98. The number of ketones is 1. The van der Waals surface area contributed by atoms with Crippen molar-refractivity contribution in [1.29, 1.82) is 0 Å². The summed E-state index contributed by atoms with van der Waals surface area (Å²) in [6.45, 7) is 5.30. The molecule has 0 aliphatic carbocycles. The van der Waals surface area contributed by atoms with E-state index in [2.05, 4.69) is 11.2 Å². The molecule has 0 spiro atoms. The molecule has 1 aromatic carbocycles. The van der Waals surface area contributed by atoms with Crippen molar-refractivity contribution in [3.8, 4) is 12.3 Å². The molecule has 21 heavy (non-hydrogen) atoms. The van der Waals surface area contributed by atoms with Gasteiger partial charge >= 0.3 is 6.09 Å². The Hall–Kier alpha value is -2.28. The van der Waals surface area contributed by atoms with Gasteiger partial charge in [-0.2, -0.15) is 0 Å². The fraction of sp³-hybridized carbons (Fsp3) is 0.412. The van der Waals surface area contributed by atoms with E-state index in [0.717, 1.165) is 0 Å². The Morgan fingerprint density at radius 3 is 2.43 bits per heavy atom. The fourth-order valence-corrected chi connectivity index (χ4v) is 1.75. The number of ether oxygens (including phenoxy) is 1. The second-order valence-electron chi connectivity index (χ2n) is 5.67. The molecule has 0 saturated carbocycles. The summed E-state index contributed by atoms with van der Waals surface area (Å²) in [4.78, 5) is 24.2. The van der Waals surface area contributed by atoms with E-state index in [-0.39, 0.29) is 5.78 Å². The zero-order valence-electron chi connectivity index (χ0n) is 12.7. The smallest absolute Gasteiger partial charge is 0.408 e. The molecular formula is C17H21NO3. The van der Waals surface area contributed by atoms with Crippen molar-refractivity contribution in [2.75, 3.05) is 0 Å². The van der Waals surface area contributed by atoms with Crippen LogP contribution >= 0.6 is 0 Å². The van der Waals surface area contributed by atoms with Crippen LogP contribution in [-0.2, 0) is 4.74 Å². The monoisotopic (exact) mass is 287 g/mol. The van der Waals surface area contributed by atoms with Crippen LogP contribution in [0.1, 0.15) is 44.0 Å². The van der Waals surface area contributed by atoms with E-state index in [0.29, 0.717) is 18.4 Å². The molecule has 0 bridgehead atoms. The van der Waals surface area contributed by atoms with Crippen molar-refractivity contribution in [3.63, 3.8) is 0 Å². The number of alkyl carbamates (subject to hydrolysis) is 1. The average molecular weight is 287 g/mol. The number of carbonyl (C=O) groups is 2. The van der Waals surface area contributed by atoms with E-state index in [4.69, 9.17) is 11.2 Å². The first-order valence-corrected chi connectivity index (χ1v) is 6.86. The van der Waals surface area contributed by atoms with Gasteiger partial charge in [-0.25, -0.2) is 4.79 Å². The number of benzene rings is 1. The fourth-order valence-electron chi connectivity index (χ4n) is 1.75. The molecular weight excluding hydrogens is 266 g/mol. The first kappa shape index (κ1) is 16.8. The highest BCUT2D eigenvalue weighted by molar-refractivity contribution is 6.01. The Labute approximate surface area is 125 Å². The summed E-state index contributed by atoms with van der Waals surface area (Å²) in [5.41, 5.74) is -0.0770. The van der Waals surface area contributed by atoms with Crippen LogP contribution in [0.25, 0.3) is 0 Å². The van der Waals surface area contributed by atoms with Crippen LogP contribution in [0.4, 0.5) is 4.79 Å². The van der Waals surface area contributed by atoms with E-state index in [9.17, 15) is 9.59 Å². The second kappa shape index (κ2) is 7.49. The highest BCUT2D eigenvalue weighted by atomic mass is 16.6. The number of terminal acetylenes is 1. The van der Waals surface area contributed by atoms with Crippen molar-refractivity contribution in [2.24, 2.45) is 0 Å². The predicted octanol–water partition coefficient (Wildman–Crippen LogP) is 3.18. The number of rotatable bonds is 5. The maximum Gasteiger partial charge on any atom is 0.408 e. The van der Waals surface area contributed by atoms with Crippen LogP contribution in [0, 0.1) is 12.3 Å². The third-order valence-corrected chi connectivity index (χ3v) is 2.64. The number of hydrogen-bond donors (Lipinski definition) is 1. The number of carbonyl (C=O) groups excluding carboxylic acids is 2. The summed E-state index contributed by atoms with van der Waals surface area (Å²) in [7, 11) is 0. The zero-order valence-corrected chi connectivity index (χ0v) is 12.7. The van der Waals surface area contributed by atoms with E-state index in [1.807, 2.05) is 6.07 Å². The summed E-state index contributed by atoms with van der Waals surface area (Å²) in [5, 5.41) is 2.60. The third-order valence-electron chi connectivity index (χ3n) is 2.64.